The minimum atomic E-state index is -1.52. The molecule has 17 heteroatoms. The van der Waals surface area contributed by atoms with Gasteiger partial charge in [0.1, 0.15) is 18.1 Å². The molecule has 0 aliphatic rings. The first-order valence-electron chi connectivity index (χ1n) is 15.8. The maximum Gasteiger partial charge on any atom is 0.326 e. The molecule has 50 heavy (non-hydrogen) atoms. The van der Waals surface area contributed by atoms with Crippen molar-refractivity contribution in [2.75, 3.05) is 32.8 Å². The van der Waals surface area contributed by atoms with Crippen molar-refractivity contribution < 1.29 is 43.5 Å². The highest BCUT2D eigenvalue weighted by Gasteiger charge is 2.32. The Labute approximate surface area is 294 Å². The van der Waals surface area contributed by atoms with Crippen LogP contribution in [0.5, 0.6) is 11.5 Å². The molecule has 0 bridgehead atoms. The molecule has 0 spiro atoms. The summed E-state index contributed by atoms with van der Waals surface area (Å²) in [5, 5.41) is 31.8. The van der Waals surface area contributed by atoms with Crippen LogP contribution < -0.4 is 36.5 Å². The predicted octanol–water partition coefficient (Wildman–Crippen LogP) is 1.18. The van der Waals surface area contributed by atoms with Crippen LogP contribution in [0.25, 0.3) is 0 Å². The summed E-state index contributed by atoms with van der Waals surface area (Å²) in [5.74, 6) is -3.62. The van der Waals surface area contributed by atoms with Crippen molar-refractivity contribution in [2.24, 2.45) is 11.7 Å². The first-order valence-corrected chi connectivity index (χ1v) is 17.2. The molecule has 4 amide bonds. The van der Waals surface area contributed by atoms with E-state index >= 15 is 0 Å². The molecule has 0 heterocycles. The van der Waals surface area contributed by atoms with E-state index in [1.165, 1.54) is 32.0 Å². The normalized spacial score (nSPS) is 13.3. The van der Waals surface area contributed by atoms with Crippen LogP contribution in [0.15, 0.2) is 42.5 Å². The minimum absolute atomic E-state index is 0.0110. The van der Waals surface area contributed by atoms with Gasteiger partial charge in [0, 0.05) is 18.4 Å². The smallest absolute Gasteiger partial charge is 0.326 e. The molecule has 2 aromatic carbocycles. The van der Waals surface area contributed by atoms with Gasteiger partial charge in [0.05, 0.1) is 37.8 Å². The second-order valence-corrected chi connectivity index (χ2v) is 12.8. The van der Waals surface area contributed by atoms with Gasteiger partial charge in [-0.15, -0.1) is 0 Å². The monoisotopic (exact) mass is 718 g/mol. The Hall–Kier alpha value is -4.90. The molecule has 274 valence electrons. The number of carboxylic acids is 1. The third-order valence-corrected chi connectivity index (χ3v) is 8.13. The van der Waals surface area contributed by atoms with Crippen molar-refractivity contribution in [1.29, 1.82) is 0 Å². The number of carbonyl (C=O) groups excluding carboxylic acids is 4. The Morgan fingerprint density at radius 1 is 0.900 bits per heavy atom. The van der Waals surface area contributed by atoms with Crippen molar-refractivity contribution in [1.82, 2.24) is 21.3 Å². The van der Waals surface area contributed by atoms with Crippen molar-refractivity contribution in [2.45, 2.75) is 63.7 Å². The largest absolute Gasteiger partial charge is 0.493 e. The minimum Gasteiger partial charge on any atom is -0.493 e. The van der Waals surface area contributed by atoms with Gasteiger partial charge < -0.3 is 41.6 Å². The van der Waals surface area contributed by atoms with Crippen molar-refractivity contribution >= 4 is 47.0 Å². The summed E-state index contributed by atoms with van der Waals surface area (Å²) in [7, 11) is 2.62. The van der Waals surface area contributed by atoms with Gasteiger partial charge in [0.25, 0.3) is 5.69 Å². The van der Waals surface area contributed by atoms with Gasteiger partial charge in [-0.2, -0.15) is 11.8 Å². The topological polar surface area (TPSA) is 241 Å². The molecule has 0 radical (unpaired) electrons. The second kappa shape index (κ2) is 20.6. The van der Waals surface area contributed by atoms with E-state index in [2.05, 4.69) is 21.3 Å². The maximum atomic E-state index is 14.0. The van der Waals surface area contributed by atoms with E-state index in [-0.39, 0.29) is 35.8 Å². The van der Waals surface area contributed by atoms with E-state index in [0.29, 0.717) is 17.7 Å². The van der Waals surface area contributed by atoms with Crippen LogP contribution in [0.2, 0.25) is 0 Å². The first-order chi connectivity index (χ1) is 23.7. The number of nitro benzene ring substituents is 1. The van der Waals surface area contributed by atoms with Crippen molar-refractivity contribution in [3.05, 3.63) is 63.7 Å². The second-order valence-electron chi connectivity index (χ2n) is 11.8. The number of hydrogen-bond donors (Lipinski definition) is 6. The van der Waals surface area contributed by atoms with E-state index in [1.54, 1.807) is 44.2 Å². The summed E-state index contributed by atoms with van der Waals surface area (Å²) >= 11 is 1.50. The molecule has 2 aromatic rings. The summed E-state index contributed by atoms with van der Waals surface area (Å²) in [5.41, 5.74) is 6.08. The SMILES string of the molecule is COc1cc(C[C@H](NC(=O)CNC(=O)[C@@H](N)CCSC)C(=O)N[C@@H](Cc2ccccc2)C(=O)N[C@@H](CC(C)C)C(=O)O)c([N+](=O)[O-])cc1OC. The van der Waals surface area contributed by atoms with E-state index in [9.17, 15) is 39.2 Å². The first kappa shape index (κ1) is 41.3. The number of ether oxygens (including phenoxy) is 2. The summed E-state index contributed by atoms with van der Waals surface area (Å²) in [6.45, 7) is 3.03. The Bertz CT molecular complexity index is 1490. The van der Waals surface area contributed by atoms with Crippen LogP contribution in [-0.4, -0.2) is 96.6 Å². The number of methoxy groups -OCH3 is 2. The summed E-state index contributed by atoms with van der Waals surface area (Å²) in [4.78, 5) is 76.3. The van der Waals surface area contributed by atoms with Crippen LogP contribution in [0.3, 0.4) is 0 Å². The number of amides is 4. The highest BCUT2D eigenvalue weighted by atomic mass is 32.2. The zero-order valence-corrected chi connectivity index (χ0v) is 29.5. The lowest BCUT2D eigenvalue weighted by Crippen LogP contribution is -2.57. The molecular weight excluding hydrogens is 672 g/mol. The number of aliphatic carboxylic acids is 1. The van der Waals surface area contributed by atoms with Gasteiger partial charge in [-0.25, -0.2) is 4.79 Å². The third kappa shape index (κ3) is 13.2. The lowest BCUT2D eigenvalue weighted by atomic mass is 10.00. The van der Waals surface area contributed by atoms with Gasteiger partial charge in [-0.05, 0) is 42.4 Å². The highest BCUT2D eigenvalue weighted by Crippen LogP contribution is 2.35. The van der Waals surface area contributed by atoms with Crippen LogP contribution >= 0.6 is 11.8 Å². The number of nitrogens with one attached hydrogen (secondary N) is 4. The summed E-state index contributed by atoms with van der Waals surface area (Å²) in [6.07, 6.45) is 1.86. The molecule has 0 saturated heterocycles. The molecule has 0 unspecified atom stereocenters. The number of nitro groups is 1. The molecular formula is C33H46N6O10S. The van der Waals surface area contributed by atoms with Gasteiger partial charge in [-0.1, -0.05) is 44.2 Å². The Balaban J connectivity index is 2.47. The quantitative estimate of drug-likeness (QED) is 0.0788. The van der Waals surface area contributed by atoms with Crippen LogP contribution in [0, 0.1) is 16.0 Å². The fourth-order valence-electron chi connectivity index (χ4n) is 4.89. The lowest BCUT2D eigenvalue weighted by Gasteiger charge is -2.25. The Morgan fingerprint density at radius 3 is 2.02 bits per heavy atom. The number of nitrogens with zero attached hydrogens (tertiary/aromatic N) is 1. The number of thioether (sulfide) groups is 1. The number of hydrogen-bond acceptors (Lipinski definition) is 11. The average Bonchev–Trinajstić information content (AvgIpc) is 3.08. The lowest BCUT2D eigenvalue weighted by molar-refractivity contribution is -0.385. The van der Waals surface area contributed by atoms with Crippen LogP contribution in [-0.2, 0) is 36.8 Å². The fourth-order valence-corrected chi connectivity index (χ4v) is 5.38. The highest BCUT2D eigenvalue weighted by molar-refractivity contribution is 7.98. The number of benzene rings is 2. The molecule has 0 aliphatic carbocycles. The van der Waals surface area contributed by atoms with Crippen LogP contribution in [0.1, 0.15) is 37.8 Å². The molecule has 16 nitrogen and oxygen atoms in total. The third-order valence-electron chi connectivity index (χ3n) is 7.49. The molecule has 7 N–H and O–H groups in total. The standard InChI is InChI=1S/C33H46N6O10S/c1-19(2)13-25(33(44)45)38-31(42)23(14-20-9-7-6-8-10-20)37-32(43)24(36-29(40)18-35-30(41)22(34)11-12-50-5)15-21-16-27(48-3)28(49-4)17-26(21)39(46)47/h6-10,16-17,19,22-25H,11-15,18,34H2,1-5H3,(H,35,41)(H,36,40)(H,37,43)(H,38,42)(H,44,45)/t22-,23-,24-,25-/m0/s1. The van der Waals surface area contributed by atoms with E-state index < -0.39 is 77.3 Å². The van der Waals surface area contributed by atoms with Gasteiger partial charge in [-0.3, -0.25) is 29.3 Å². The molecule has 0 aliphatic heterocycles. The summed E-state index contributed by atoms with van der Waals surface area (Å²) < 4.78 is 10.5. The number of carboxylic acid groups (broad SMARTS) is 1. The Morgan fingerprint density at radius 2 is 1.48 bits per heavy atom. The molecule has 2 rings (SSSR count). The Kier molecular flexibility index (Phi) is 17.0. The molecule has 0 saturated carbocycles. The van der Waals surface area contributed by atoms with Gasteiger partial charge >= 0.3 is 5.97 Å². The number of carbonyl (C=O) groups is 5. The molecule has 0 fully saturated rings. The number of rotatable bonds is 21. The maximum absolute atomic E-state index is 14.0. The van der Waals surface area contributed by atoms with Crippen molar-refractivity contribution in [3.63, 3.8) is 0 Å². The molecule has 0 aromatic heterocycles. The van der Waals surface area contributed by atoms with Crippen LogP contribution in [0.4, 0.5) is 5.69 Å². The fraction of sp³-hybridized carbons (Fsp3) is 0.485. The van der Waals surface area contributed by atoms with Gasteiger partial charge in [0.2, 0.25) is 23.6 Å². The summed E-state index contributed by atoms with van der Waals surface area (Å²) in [6, 6.07) is 6.13. The van der Waals surface area contributed by atoms with Crippen molar-refractivity contribution in [3.8, 4) is 11.5 Å². The predicted molar refractivity (Wildman–Crippen MR) is 187 cm³/mol. The molecule has 4 atom stereocenters. The zero-order valence-electron chi connectivity index (χ0n) is 28.7. The van der Waals surface area contributed by atoms with E-state index in [1.807, 2.05) is 6.26 Å². The van der Waals surface area contributed by atoms with E-state index in [0.717, 1.165) is 6.07 Å². The van der Waals surface area contributed by atoms with E-state index in [4.69, 9.17) is 15.2 Å². The van der Waals surface area contributed by atoms with Gasteiger partial charge in [0.15, 0.2) is 11.5 Å². The zero-order chi connectivity index (χ0) is 37.4. The number of nitrogens with two attached hydrogens (primary N) is 1. The average molecular weight is 719 g/mol.